The number of nitrogens with one attached hydrogen (secondary N) is 1. The summed E-state index contributed by atoms with van der Waals surface area (Å²) in [6.07, 6.45) is 1.19. The average Bonchev–Trinajstić information content (AvgIpc) is 2.21. The summed E-state index contributed by atoms with van der Waals surface area (Å²) in [6.45, 7) is 8.49. The molecular formula is C10H22N2O. The Bertz CT molecular complexity index is 131. The van der Waals surface area contributed by atoms with Crippen LogP contribution in [0.3, 0.4) is 0 Å². The largest absolute Gasteiger partial charge is 0.379 e. The Kier molecular flexibility index (Phi) is 4.70. The molecule has 1 saturated heterocycles. The molecule has 1 N–H and O–H groups in total. The SMILES string of the molecule is CCC(NC)C(C)N1CCOCC1. The van der Waals surface area contributed by atoms with Crippen LogP contribution in [0.25, 0.3) is 0 Å². The summed E-state index contributed by atoms with van der Waals surface area (Å²) in [6, 6.07) is 1.23. The number of hydrogen-bond acceptors (Lipinski definition) is 3. The van der Waals surface area contributed by atoms with Crippen molar-refractivity contribution >= 4 is 0 Å². The Morgan fingerprint density at radius 2 is 2.00 bits per heavy atom. The van der Waals surface area contributed by atoms with Crippen molar-refractivity contribution in [2.45, 2.75) is 32.4 Å². The van der Waals surface area contributed by atoms with Gasteiger partial charge >= 0.3 is 0 Å². The topological polar surface area (TPSA) is 24.5 Å². The van der Waals surface area contributed by atoms with Crippen molar-refractivity contribution < 1.29 is 4.74 Å². The van der Waals surface area contributed by atoms with Gasteiger partial charge in [-0.2, -0.15) is 0 Å². The zero-order valence-electron chi connectivity index (χ0n) is 9.05. The molecule has 0 aromatic rings. The highest BCUT2D eigenvalue weighted by Gasteiger charge is 2.22. The van der Waals surface area contributed by atoms with Crippen molar-refractivity contribution in [2.75, 3.05) is 33.4 Å². The molecule has 2 atom stereocenters. The number of hydrogen-bond donors (Lipinski definition) is 1. The van der Waals surface area contributed by atoms with Crippen molar-refractivity contribution in [1.82, 2.24) is 10.2 Å². The van der Waals surface area contributed by atoms with E-state index in [9.17, 15) is 0 Å². The van der Waals surface area contributed by atoms with Gasteiger partial charge in [-0.3, -0.25) is 4.90 Å². The molecule has 2 unspecified atom stereocenters. The van der Waals surface area contributed by atoms with Crippen molar-refractivity contribution in [3.05, 3.63) is 0 Å². The molecule has 1 rings (SSSR count). The molecule has 0 aromatic carbocycles. The second-order valence-electron chi connectivity index (χ2n) is 3.69. The smallest absolute Gasteiger partial charge is 0.0594 e. The third kappa shape index (κ3) is 2.93. The molecule has 1 fully saturated rings. The highest BCUT2D eigenvalue weighted by molar-refractivity contribution is 4.80. The summed E-state index contributed by atoms with van der Waals surface area (Å²) in [5.74, 6) is 0. The summed E-state index contributed by atoms with van der Waals surface area (Å²) < 4.78 is 5.33. The zero-order valence-corrected chi connectivity index (χ0v) is 9.05. The Hall–Kier alpha value is -0.120. The van der Waals surface area contributed by atoms with E-state index in [1.54, 1.807) is 0 Å². The molecule has 78 valence electrons. The number of ether oxygens (including phenoxy) is 1. The van der Waals surface area contributed by atoms with Crippen LogP contribution in [0.4, 0.5) is 0 Å². The van der Waals surface area contributed by atoms with Gasteiger partial charge in [0, 0.05) is 25.2 Å². The van der Waals surface area contributed by atoms with Crippen LogP contribution >= 0.6 is 0 Å². The lowest BCUT2D eigenvalue weighted by molar-refractivity contribution is 0.0125. The summed E-state index contributed by atoms with van der Waals surface area (Å²) in [4.78, 5) is 2.51. The van der Waals surface area contributed by atoms with Gasteiger partial charge in [0.2, 0.25) is 0 Å². The standard InChI is InChI=1S/C10H22N2O/c1-4-10(11-3)9(2)12-5-7-13-8-6-12/h9-11H,4-8H2,1-3H3. The summed E-state index contributed by atoms with van der Waals surface area (Å²) in [5, 5.41) is 3.37. The first-order valence-electron chi connectivity index (χ1n) is 5.28. The normalized spacial score (nSPS) is 24.2. The third-order valence-corrected chi connectivity index (χ3v) is 3.01. The van der Waals surface area contributed by atoms with E-state index in [0.717, 1.165) is 26.3 Å². The molecule has 3 heteroatoms. The third-order valence-electron chi connectivity index (χ3n) is 3.01. The number of rotatable bonds is 4. The minimum Gasteiger partial charge on any atom is -0.379 e. The van der Waals surface area contributed by atoms with Crippen molar-refractivity contribution in [3.8, 4) is 0 Å². The second-order valence-corrected chi connectivity index (χ2v) is 3.69. The molecule has 0 saturated carbocycles. The van der Waals surface area contributed by atoms with E-state index in [4.69, 9.17) is 4.74 Å². The minimum atomic E-state index is 0.609. The molecule has 13 heavy (non-hydrogen) atoms. The van der Waals surface area contributed by atoms with Gasteiger partial charge in [-0.25, -0.2) is 0 Å². The van der Waals surface area contributed by atoms with Crippen molar-refractivity contribution in [1.29, 1.82) is 0 Å². The van der Waals surface area contributed by atoms with E-state index in [0.29, 0.717) is 12.1 Å². The first-order valence-corrected chi connectivity index (χ1v) is 5.28. The Balaban J connectivity index is 2.38. The first-order chi connectivity index (χ1) is 6.29. The molecular weight excluding hydrogens is 164 g/mol. The molecule has 1 heterocycles. The Morgan fingerprint density at radius 3 is 2.46 bits per heavy atom. The van der Waals surface area contributed by atoms with Crippen LogP contribution in [0, 0.1) is 0 Å². The Labute approximate surface area is 81.4 Å². The first kappa shape index (κ1) is 11.0. The van der Waals surface area contributed by atoms with Gasteiger partial charge < -0.3 is 10.1 Å². The maximum absolute atomic E-state index is 5.33. The van der Waals surface area contributed by atoms with E-state index >= 15 is 0 Å². The van der Waals surface area contributed by atoms with Gasteiger partial charge in [-0.15, -0.1) is 0 Å². The fourth-order valence-electron chi connectivity index (χ4n) is 2.03. The average molecular weight is 186 g/mol. The lowest BCUT2D eigenvalue weighted by Crippen LogP contribution is -2.51. The van der Waals surface area contributed by atoms with E-state index in [1.807, 2.05) is 7.05 Å². The molecule has 0 spiro atoms. The lowest BCUT2D eigenvalue weighted by Gasteiger charge is -2.36. The summed E-state index contributed by atoms with van der Waals surface area (Å²) in [5.41, 5.74) is 0. The zero-order chi connectivity index (χ0) is 9.68. The maximum atomic E-state index is 5.33. The van der Waals surface area contributed by atoms with Crippen LogP contribution in [-0.4, -0.2) is 50.3 Å². The molecule has 0 amide bonds. The maximum Gasteiger partial charge on any atom is 0.0594 e. The predicted molar refractivity (Wildman–Crippen MR) is 55.0 cm³/mol. The fraction of sp³-hybridized carbons (Fsp3) is 1.00. The monoisotopic (exact) mass is 186 g/mol. The van der Waals surface area contributed by atoms with Gasteiger partial charge in [-0.05, 0) is 20.4 Å². The van der Waals surface area contributed by atoms with Crippen LogP contribution in [-0.2, 0) is 4.74 Å². The molecule has 1 aliphatic heterocycles. The van der Waals surface area contributed by atoms with Gasteiger partial charge in [0.1, 0.15) is 0 Å². The van der Waals surface area contributed by atoms with Crippen LogP contribution in [0.5, 0.6) is 0 Å². The minimum absolute atomic E-state index is 0.609. The number of morpholine rings is 1. The van der Waals surface area contributed by atoms with Gasteiger partial charge in [0.25, 0.3) is 0 Å². The van der Waals surface area contributed by atoms with E-state index < -0.39 is 0 Å². The number of likely N-dealkylation sites (N-methyl/N-ethyl adjacent to an activating group) is 1. The van der Waals surface area contributed by atoms with Crippen LogP contribution in [0.1, 0.15) is 20.3 Å². The highest BCUT2D eigenvalue weighted by atomic mass is 16.5. The second kappa shape index (κ2) is 5.58. The molecule has 0 aromatic heterocycles. The predicted octanol–water partition coefficient (Wildman–Crippen LogP) is 0.705. The lowest BCUT2D eigenvalue weighted by atomic mass is 10.1. The van der Waals surface area contributed by atoms with E-state index in [1.165, 1.54) is 6.42 Å². The quantitative estimate of drug-likeness (QED) is 0.699. The van der Waals surface area contributed by atoms with Crippen LogP contribution in [0.2, 0.25) is 0 Å². The summed E-state index contributed by atoms with van der Waals surface area (Å²) >= 11 is 0. The molecule has 0 radical (unpaired) electrons. The van der Waals surface area contributed by atoms with Gasteiger partial charge in [0.05, 0.1) is 13.2 Å². The van der Waals surface area contributed by atoms with Crippen LogP contribution in [0.15, 0.2) is 0 Å². The van der Waals surface area contributed by atoms with Crippen molar-refractivity contribution in [3.63, 3.8) is 0 Å². The van der Waals surface area contributed by atoms with Crippen molar-refractivity contribution in [2.24, 2.45) is 0 Å². The van der Waals surface area contributed by atoms with E-state index in [-0.39, 0.29) is 0 Å². The molecule has 0 aliphatic carbocycles. The van der Waals surface area contributed by atoms with Gasteiger partial charge in [-0.1, -0.05) is 6.92 Å². The number of nitrogens with zero attached hydrogens (tertiary/aromatic N) is 1. The Morgan fingerprint density at radius 1 is 1.38 bits per heavy atom. The molecule has 3 nitrogen and oxygen atoms in total. The van der Waals surface area contributed by atoms with Gasteiger partial charge in [0.15, 0.2) is 0 Å². The fourth-order valence-corrected chi connectivity index (χ4v) is 2.03. The molecule has 1 aliphatic rings. The van der Waals surface area contributed by atoms with E-state index in [2.05, 4.69) is 24.1 Å². The highest BCUT2D eigenvalue weighted by Crippen LogP contribution is 2.09. The summed E-state index contributed by atoms with van der Waals surface area (Å²) in [7, 11) is 2.05. The molecule has 0 bridgehead atoms. The van der Waals surface area contributed by atoms with Crippen LogP contribution < -0.4 is 5.32 Å².